The van der Waals surface area contributed by atoms with Crippen molar-refractivity contribution in [2.24, 2.45) is 16.7 Å². The molecule has 2 amide bonds. The molecule has 0 aromatic carbocycles. The van der Waals surface area contributed by atoms with Crippen LogP contribution in [0.15, 0.2) is 12.1 Å². The van der Waals surface area contributed by atoms with Crippen molar-refractivity contribution < 1.29 is 22.7 Å². The molecule has 2 aliphatic heterocycles. The lowest BCUT2D eigenvalue weighted by molar-refractivity contribution is -0.139. The Balaban J connectivity index is 0.860. The molecule has 4 heterocycles. The normalized spacial score (nSPS) is 23.9. The Kier molecular flexibility index (Phi) is 5.53. The molecular weight excluding hydrogens is 509 g/mol. The van der Waals surface area contributed by atoms with Gasteiger partial charge in [0, 0.05) is 54.5 Å². The van der Waals surface area contributed by atoms with E-state index in [9.17, 15) is 18.0 Å². The standard InChI is InChI=1S/C28H35F3N6O2/c1-16(2)39-24-21(28(29,30)31)6-5-20(32-24)7-17-8-26(9-17)12-36(13-26)25(38)37-14-27(15-37)10-19(11-27)23-33-22(34-35-23)18-3-4-18/h5-6,16-19H,3-4,7-15H2,1-2H3,(H,33,34,35). The second kappa shape index (κ2) is 8.57. The fourth-order valence-electron chi connectivity index (χ4n) is 7.42. The fraction of sp³-hybridized carbons (Fsp3) is 0.714. The van der Waals surface area contributed by atoms with Gasteiger partial charge in [-0.3, -0.25) is 5.10 Å². The minimum Gasteiger partial charge on any atom is -0.475 e. The number of aromatic amines is 1. The molecule has 0 unspecified atom stereocenters. The zero-order valence-corrected chi connectivity index (χ0v) is 22.4. The summed E-state index contributed by atoms with van der Waals surface area (Å²) in [5.74, 6) is 3.03. The lowest BCUT2D eigenvalue weighted by Gasteiger charge is -2.63. The molecule has 210 valence electrons. The van der Waals surface area contributed by atoms with Crippen LogP contribution < -0.4 is 4.74 Å². The van der Waals surface area contributed by atoms with Crippen molar-refractivity contribution in [3.05, 3.63) is 35.0 Å². The van der Waals surface area contributed by atoms with Crippen LogP contribution in [0.4, 0.5) is 18.0 Å². The summed E-state index contributed by atoms with van der Waals surface area (Å²) in [4.78, 5) is 25.9. The number of alkyl halides is 3. The Bertz CT molecular complexity index is 1260. The van der Waals surface area contributed by atoms with E-state index in [1.807, 2.05) is 9.80 Å². The maximum Gasteiger partial charge on any atom is 0.421 e. The maximum atomic E-state index is 13.3. The molecule has 1 N–H and O–H groups in total. The number of carbonyl (C=O) groups excluding carboxylic acids is 1. The topological polar surface area (TPSA) is 87.2 Å². The number of halogens is 3. The number of aromatic nitrogens is 4. The van der Waals surface area contributed by atoms with Crippen LogP contribution >= 0.6 is 0 Å². The minimum atomic E-state index is -4.50. The summed E-state index contributed by atoms with van der Waals surface area (Å²) >= 11 is 0. The Morgan fingerprint density at radius 3 is 2.26 bits per heavy atom. The number of H-pyrrole nitrogens is 1. The fourth-order valence-corrected chi connectivity index (χ4v) is 7.42. The minimum absolute atomic E-state index is 0.145. The molecule has 0 atom stereocenters. The van der Waals surface area contributed by atoms with Gasteiger partial charge in [-0.05, 0) is 76.8 Å². The molecular formula is C28H35F3N6O2. The number of hydrogen-bond acceptors (Lipinski definition) is 5. The zero-order chi connectivity index (χ0) is 27.2. The molecule has 2 spiro atoms. The molecule has 2 aromatic rings. The molecule has 3 saturated carbocycles. The van der Waals surface area contributed by atoms with E-state index in [0.29, 0.717) is 29.9 Å². The quantitative estimate of drug-likeness (QED) is 0.545. The highest BCUT2D eigenvalue weighted by atomic mass is 19.4. The summed E-state index contributed by atoms with van der Waals surface area (Å²) in [6.07, 6.45) is 2.25. The molecule has 5 aliphatic rings. The number of carbonyl (C=O) groups is 1. The van der Waals surface area contributed by atoms with Gasteiger partial charge in [0.05, 0.1) is 6.10 Å². The molecule has 2 aromatic heterocycles. The number of nitrogens with zero attached hydrogens (tertiary/aromatic N) is 5. The van der Waals surface area contributed by atoms with Gasteiger partial charge in [-0.1, -0.05) is 0 Å². The highest BCUT2D eigenvalue weighted by Crippen LogP contribution is 2.57. The van der Waals surface area contributed by atoms with Gasteiger partial charge in [0.15, 0.2) is 5.82 Å². The van der Waals surface area contributed by atoms with Crippen LogP contribution in [0.3, 0.4) is 0 Å². The number of urea groups is 1. The SMILES string of the molecule is CC(C)Oc1nc(CC2CC3(C2)CN(C(=O)N2CC4(CC(c5n[nH]c(C6CC6)n5)C4)C2)C3)ccc1C(F)(F)F. The third-order valence-corrected chi connectivity index (χ3v) is 9.37. The molecule has 0 radical (unpaired) electrons. The first-order valence-corrected chi connectivity index (χ1v) is 14.2. The summed E-state index contributed by atoms with van der Waals surface area (Å²) in [7, 11) is 0. The van der Waals surface area contributed by atoms with E-state index in [0.717, 1.165) is 69.6 Å². The van der Waals surface area contributed by atoms with Crippen molar-refractivity contribution >= 4 is 6.03 Å². The van der Waals surface area contributed by atoms with E-state index in [1.54, 1.807) is 13.8 Å². The highest BCUT2D eigenvalue weighted by molar-refractivity contribution is 5.77. The third kappa shape index (κ3) is 4.55. The third-order valence-electron chi connectivity index (χ3n) is 9.37. The highest BCUT2D eigenvalue weighted by Gasteiger charge is 2.58. The van der Waals surface area contributed by atoms with Crippen molar-refractivity contribution in [1.82, 2.24) is 30.0 Å². The molecule has 8 nitrogen and oxygen atoms in total. The maximum absolute atomic E-state index is 13.3. The van der Waals surface area contributed by atoms with Crippen LogP contribution in [0.25, 0.3) is 0 Å². The number of pyridine rings is 1. The predicted octanol–water partition coefficient (Wildman–Crippen LogP) is 5.14. The Morgan fingerprint density at radius 2 is 1.67 bits per heavy atom. The first-order valence-electron chi connectivity index (χ1n) is 14.2. The number of amides is 2. The van der Waals surface area contributed by atoms with E-state index < -0.39 is 11.7 Å². The van der Waals surface area contributed by atoms with Crippen LogP contribution in [-0.4, -0.2) is 68.3 Å². The van der Waals surface area contributed by atoms with Crippen LogP contribution in [-0.2, 0) is 12.6 Å². The van der Waals surface area contributed by atoms with Crippen molar-refractivity contribution in [1.29, 1.82) is 0 Å². The monoisotopic (exact) mass is 544 g/mol. The van der Waals surface area contributed by atoms with Crippen molar-refractivity contribution in [2.75, 3.05) is 26.2 Å². The number of nitrogens with one attached hydrogen (secondary N) is 1. The van der Waals surface area contributed by atoms with Gasteiger partial charge < -0.3 is 14.5 Å². The smallest absolute Gasteiger partial charge is 0.421 e. The summed E-state index contributed by atoms with van der Waals surface area (Å²) in [6, 6.07) is 2.70. The molecule has 2 saturated heterocycles. The first-order chi connectivity index (χ1) is 18.5. The largest absolute Gasteiger partial charge is 0.475 e. The number of rotatable bonds is 6. The van der Waals surface area contributed by atoms with Crippen LogP contribution in [0.1, 0.15) is 87.1 Å². The van der Waals surface area contributed by atoms with E-state index in [1.165, 1.54) is 18.9 Å². The predicted molar refractivity (Wildman–Crippen MR) is 135 cm³/mol. The Morgan fingerprint density at radius 1 is 1.03 bits per heavy atom. The van der Waals surface area contributed by atoms with E-state index in [-0.39, 0.29) is 28.8 Å². The summed E-state index contributed by atoms with van der Waals surface area (Å²) in [6.45, 7) is 6.59. The molecule has 7 rings (SSSR count). The van der Waals surface area contributed by atoms with Crippen molar-refractivity contribution in [3.63, 3.8) is 0 Å². The van der Waals surface area contributed by atoms with Gasteiger partial charge in [-0.2, -0.15) is 18.3 Å². The van der Waals surface area contributed by atoms with E-state index in [4.69, 9.17) is 9.72 Å². The van der Waals surface area contributed by atoms with Crippen LogP contribution in [0.2, 0.25) is 0 Å². The van der Waals surface area contributed by atoms with E-state index >= 15 is 0 Å². The van der Waals surface area contributed by atoms with Gasteiger partial charge in [0.2, 0.25) is 5.88 Å². The van der Waals surface area contributed by atoms with Gasteiger partial charge in [0.25, 0.3) is 0 Å². The summed E-state index contributed by atoms with van der Waals surface area (Å²) in [5.41, 5.74) is 0.212. The lowest BCUT2D eigenvalue weighted by Crippen LogP contribution is -2.71. The average molecular weight is 545 g/mol. The van der Waals surface area contributed by atoms with E-state index in [2.05, 4.69) is 15.2 Å². The Labute approximate surface area is 225 Å². The number of ether oxygens (including phenoxy) is 1. The second-order valence-electron chi connectivity index (χ2n) is 13.3. The average Bonchev–Trinajstić information content (AvgIpc) is 3.49. The molecule has 11 heteroatoms. The van der Waals surface area contributed by atoms with Gasteiger partial charge in [0.1, 0.15) is 11.4 Å². The van der Waals surface area contributed by atoms with Gasteiger partial charge in [-0.15, -0.1) is 0 Å². The molecule has 5 fully saturated rings. The first kappa shape index (κ1) is 25.1. The van der Waals surface area contributed by atoms with Gasteiger partial charge >= 0.3 is 12.2 Å². The van der Waals surface area contributed by atoms with Crippen LogP contribution in [0.5, 0.6) is 5.88 Å². The van der Waals surface area contributed by atoms with Crippen molar-refractivity contribution in [3.8, 4) is 5.88 Å². The second-order valence-corrected chi connectivity index (χ2v) is 13.3. The van der Waals surface area contributed by atoms with Gasteiger partial charge in [-0.25, -0.2) is 14.8 Å². The lowest BCUT2D eigenvalue weighted by atomic mass is 9.56. The Hall–Kier alpha value is -2.85. The molecule has 3 aliphatic carbocycles. The number of hydrogen-bond donors (Lipinski definition) is 1. The molecule has 39 heavy (non-hydrogen) atoms. The summed E-state index contributed by atoms with van der Waals surface area (Å²) < 4.78 is 45.4. The summed E-state index contributed by atoms with van der Waals surface area (Å²) in [5, 5.41) is 7.55. The zero-order valence-electron chi connectivity index (χ0n) is 22.4. The molecule has 0 bridgehead atoms. The van der Waals surface area contributed by atoms with Crippen molar-refractivity contribution in [2.45, 2.75) is 82.9 Å². The number of likely N-dealkylation sites (tertiary alicyclic amines) is 2. The van der Waals surface area contributed by atoms with Crippen LogP contribution in [0, 0.1) is 16.7 Å².